The third-order valence-electron chi connectivity index (χ3n) is 4.90. The number of amides is 1. The van der Waals surface area contributed by atoms with Crippen molar-refractivity contribution in [3.63, 3.8) is 0 Å². The first-order valence-electron chi connectivity index (χ1n) is 9.64. The summed E-state index contributed by atoms with van der Waals surface area (Å²) in [6.07, 6.45) is 8.42. The molecule has 1 saturated heterocycles. The van der Waals surface area contributed by atoms with Gasteiger partial charge in [0.2, 0.25) is 0 Å². The summed E-state index contributed by atoms with van der Waals surface area (Å²) < 4.78 is 0. The third-order valence-corrected chi connectivity index (χ3v) is 4.90. The van der Waals surface area contributed by atoms with Crippen LogP contribution in [0.15, 0.2) is 41.9 Å². The van der Waals surface area contributed by atoms with Gasteiger partial charge in [-0.2, -0.15) is 5.10 Å². The van der Waals surface area contributed by atoms with Crippen LogP contribution in [-0.2, 0) is 0 Å². The second-order valence-corrected chi connectivity index (χ2v) is 7.09. The molecule has 8 heteroatoms. The molecule has 29 heavy (non-hydrogen) atoms. The van der Waals surface area contributed by atoms with Gasteiger partial charge in [0.1, 0.15) is 5.69 Å². The molecule has 0 bridgehead atoms. The lowest BCUT2D eigenvalue weighted by Gasteiger charge is -2.29. The Morgan fingerprint density at radius 3 is 2.59 bits per heavy atom. The average Bonchev–Trinajstić information content (AvgIpc) is 2.75. The lowest BCUT2D eigenvalue weighted by molar-refractivity contribution is 0.102. The van der Waals surface area contributed by atoms with E-state index < -0.39 is 0 Å². The zero-order valence-corrected chi connectivity index (χ0v) is 16.9. The number of carbonyl (C=O) groups is 1. The maximum atomic E-state index is 12.6. The van der Waals surface area contributed by atoms with Crippen LogP contribution in [0.5, 0.6) is 0 Å². The quantitative estimate of drug-likeness (QED) is 0.444. The fourth-order valence-electron chi connectivity index (χ4n) is 3.22. The van der Waals surface area contributed by atoms with Crippen molar-refractivity contribution in [2.75, 3.05) is 36.1 Å². The Hall–Kier alpha value is -3.42. The van der Waals surface area contributed by atoms with Crippen LogP contribution >= 0.6 is 0 Å². The highest BCUT2D eigenvalue weighted by Crippen LogP contribution is 2.28. The van der Waals surface area contributed by atoms with E-state index in [1.54, 1.807) is 24.5 Å². The van der Waals surface area contributed by atoms with Crippen LogP contribution in [0.1, 0.15) is 42.4 Å². The number of nitrogen functional groups attached to an aromatic ring is 1. The van der Waals surface area contributed by atoms with Crippen molar-refractivity contribution in [3.05, 3.63) is 48.2 Å². The molecule has 0 saturated carbocycles. The molecule has 3 rings (SSSR count). The zero-order valence-electron chi connectivity index (χ0n) is 16.9. The Kier molecular flexibility index (Phi) is 6.43. The number of allylic oxidation sites excluding steroid dienone is 1. The second-order valence-electron chi connectivity index (χ2n) is 7.09. The van der Waals surface area contributed by atoms with Gasteiger partial charge in [-0.25, -0.2) is 4.98 Å². The summed E-state index contributed by atoms with van der Waals surface area (Å²) in [6.45, 7) is 7.39. The number of nitrogens with two attached hydrogens (primary N) is 1. The number of benzene rings is 1. The Balaban J connectivity index is 1.73. The Bertz CT molecular complexity index is 902. The van der Waals surface area contributed by atoms with Gasteiger partial charge in [0.15, 0.2) is 0 Å². The van der Waals surface area contributed by atoms with Gasteiger partial charge < -0.3 is 16.0 Å². The first-order valence-corrected chi connectivity index (χ1v) is 9.64. The van der Waals surface area contributed by atoms with Crippen molar-refractivity contribution in [3.8, 4) is 0 Å². The highest BCUT2D eigenvalue weighted by Gasteiger charge is 2.15. The normalized spacial score (nSPS) is 14.4. The molecule has 152 valence electrons. The van der Waals surface area contributed by atoms with Crippen LogP contribution in [0.2, 0.25) is 0 Å². The van der Waals surface area contributed by atoms with Crippen LogP contribution in [0.4, 0.5) is 17.1 Å². The van der Waals surface area contributed by atoms with E-state index in [9.17, 15) is 4.79 Å². The molecular weight excluding hydrogens is 366 g/mol. The number of hydrogen-bond acceptors (Lipinski definition) is 7. The molecule has 0 aliphatic carbocycles. The number of carbonyl (C=O) groups excluding carboxylic acids is 1. The molecule has 8 nitrogen and oxygen atoms in total. The lowest BCUT2D eigenvalue weighted by atomic mass is 10.1. The van der Waals surface area contributed by atoms with Crippen molar-refractivity contribution < 1.29 is 4.79 Å². The molecule has 3 N–H and O–H groups in total. The first-order chi connectivity index (χ1) is 14.0. The summed E-state index contributed by atoms with van der Waals surface area (Å²) in [7, 11) is 1.77. The SMILES string of the molecule is C=NN(C)/C=C(\C)c1cnc(C(=O)Nc2cc(N3CCCCC3)ccc2N)cn1. The number of hydrogen-bond donors (Lipinski definition) is 2. The van der Waals surface area contributed by atoms with Crippen molar-refractivity contribution >= 4 is 35.3 Å². The summed E-state index contributed by atoms with van der Waals surface area (Å²) >= 11 is 0. The van der Waals surface area contributed by atoms with Gasteiger partial charge in [0.05, 0.1) is 29.5 Å². The fraction of sp³-hybridized carbons (Fsp3) is 0.333. The molecule has 0 atom stereocenters. The molecule has 0 spiro atoms. The number of rotatable bonds is 6. The lowest BCUT2D eigenvalue weighted by Crippen LogP contribution is -2.29. The monoisotopic (exact) mass is 393 g/mol. The van der Waals surface area contributed by atoms with Crippen molar-refractivity contribution in [2.45, 2.75) is 26.2 Å². The number of piperidine rings is 1. The Morgan fingerprint density at radius 2 is 1.93 bits per heavy atom. The molecule has 1 aliphatic heterocycles. The Morgan fingerprint density at radius 1 is 1.24 bits per heavy atom. The van der Waals surface area contributed by atoms with Gasteiger partial charge in [-0.1, -0.05) is 0 Å². The molecule has 0 radical (unpaired) electrons. The summed E-state index contributed by atoms with van der Waals surface area (Å²) in [5, 5.41) is 8.21. The zero-order chi connectivity index (χ0) is 20.8. The molecule has 2 heterocycles. The largest absolute Gasteiger partial charge is 0.397 e. The highest BCUT2D eigenvalue weighted by atomic mass is 16.1. The van der Waals surface area contributed by atoms with Crippen LogP contribution < -0.4 is 16.0 Å². The van der Waals surface area contributed by atoms with Gasteiger partial charge in [-0.3, -0.25) is 14.8 Å². The standard InChI is InChI=1S/C21H27N7O/c1-15(14-27(3)23-2)19-12-25-20(13-24-19)21(29)26-18-11-16(7-8-17(18)22)28-9-5-4-6-10-28/h7-8,11-14H,2,4-6,9-10,22H2,1,3H3,(H,26,29)/b15-14+. The topological polar surface area (TPSA) is 99.7 Å². The minimum atomic E-state index is -0.349. The number of nitrogens with zero attached hydrogens (tertiary/aromatic N) is 5. The van der Waals surface area contributed by atoms with E-state index in [2.05, 4.69) is 32.0 Å². The van der Waals surface area contributed by atoms with Gasteiger partial charge in [0, 0.05) is 38.7 Å². The highest BCUT2D eigenvalue weighted by molar-refractivity contribution is 6.04. The summed E-state index contributed by atoms with van der Waals surface area (Å²) in [6, 6.07) is 5.74. The molecular formula is C21H27N7O. The van der Waals surface area contributed by atoms with E-state index in [-0.39, 0.29) is 11.6 Å². The van der Waals surface area contributed by atoms with Crippen LogP contribution in [-0.4, -0.2) is 47.7 Å². The van der Waals surface area contributed by atoms with Crippen LogP contribution in [0.3, 0.4) is 0 Å². The number of anilines is 3. The molecule has 1 aliphatic rings. The van der Waals surface area contributed by atoms with Crippen molar-refractivity contribution in [2.24, 2.45) is 5.10 Å². The van der Waals surface area contributed by atoms with E-state index in [1.807, 2.05) is 25.1 Å². The van der Waals surface area contributed by atoms with Gasteiger partial charge >= 0.3 is 0 Å². The Labute approximate surface area is 171 Å². The number of nitrogens with one attached hydrogen (secondary N) is 1. The molecule has 1 aromatic heterocycles. The number of aromatic nitrogens is 2. The average molecular weight is 393 g/mol. The third kappa shape index (κ3) is 5.10. The van der Waals surface area contributed by atoms with E-state index in [0.29, 0.717) is 17.1 Å². The summed E-state index contributed by atoms with van der Waals surface area (Å²) in [5.41, 5.74) is 9.97. The maximum Gasteiger partial charge on any atom is 0.275 e. The number of hydrazone groups is 1. The molecule has 0 unspecified atom stereocenters. The van der Waals surface area contributed by atoms with Gasteiger partial charge in [-0.05, 0) is 50.0 Å². The minimum absolute atomic E-state index is 0.222. The fourth-order valence-corrected chi connectivity index (χ4v) is 3.22. The maximum absolute atomic E-state index is 12.6. The van der Waals surface area contributed by atoms with Crippen molar-refractivity contribution in [1.29, 1.82) is 0 Å². The molecule has 2 aromatic rings. The van der Waals surface area contributed by atoms with E-state index in [0.717, 1.165) is 24.4 Å². The predicted molar refractivity (Wildman–Crippen MR) is 118 cm³/mol. The molecule has 1 amide bonds. The summed E-state index contributed by atoms with van der Waals surface area (Å²) in [4.78, 5) is 23.5. The predicted octanol–water partition coefficient (Wildman–Crippen LogP) is 3.21. The summed E-state index contributed by atoms with van der Waals surface area (Å²) in [5.74, 6) is -0.349. The van der Waals surface area contributed by atoms with E-state index in [4.69, 9.17) is 5.73 Å². The molecule has 1 fully saturated rings. The van der Waals surface area contributed by atoms with Crippen LogP contribution in [0, 0.1) is 0 Å². The second kappa shape index (κ2) is 9.18. The first kappa shape index (κ1) is 20.3. The van der Waals surface area contributed by atoms with E-state index in [1.165, 1.54) is 25.5 Å². The van der Waals surface area contributed by atoms with E-state index >= 15 is 0 Å². The minimum Gasteiger partial charge on any atom is -0.397 e. The smallest absolute Gasteiger partial charge is 0.275 e. The molecule has 1 aromatic carbocycles. The van der Waals surface area contributed by atoms with Gasteiger partial charge in [-0.15, -0.1) is 0 Å². The van der Waals surface area contributed by atoms with Gasteiger partial charge in [0.25, 0.3) is 5.91 Å². The van der Waals surface area contributed by atoms with Crippen LogP contribution in [0.25, 0.3) is 5.57 Å². The van der Waals surface area contributed by atoms with Crippen molar-refractivity contribution in [1.82, 2.24) is 15.0 Å².